The molecule has 0 bridgehead atoms. The Balaban J connectivity index is 2.53. The van der Waals surface area contributed by atoms with Crippen LogP contribution in [-0.4, -0.2) is 31.3 Å². The molecule has 1 aromatic rings. The molecule has 6 heteroatoms. The quantitative estimate of drug-likeness (QED) is 0.737. The van der Waals surface area contributed by atoms with Gasteiger partial charge in [-0.15, -0.1) is 0 Å². The highest BCUT2D eigenvalue weighted by Gasteiger charge is 2.17. The number of nitrogens with two attached hydrogens (primary N) is 1. The Morgan fingerprint density at radius 3 is 2.53 bits per heavy atom. The van der Waals surface area contributed by atoms with Crippen molar-refractivity contribution < 1.29 is 18.3 Å². The van der Waals surface area contributed by atoms with Crippen molar-refractivity contribution in [3.8, 4) is 0 Å². The van der Waals surface area contributed by atoms with Gasteiger partial charge in [0, 0.05) is 0 Å². The van der Waals surface area contributed by atoms with Crippen LogP contribution in [0.15, 0.2) is 29.2 Å². The van der Waals surface area contributed by atoms with Gasteiger partial charge >= 0.3 is 5.97 Å². The number of aryl methyl sites for hydroxylation is 1. The molecule has 0 amide bonds. The van der Waals surface area contributed by atoms with Crippen LogP contribution in [0.4, 0.5) is 0 Å². The molecule has 0 aliphatic rings. The maximum atomic E-state index is 12.1. The Labute approximate surface area is 113 Å². The largest absolute Gasteiger partial charge is 0.480 e. The van der Waals surface area contributed by atoms with E-state index in [4.69, 9.17) is 10.8 Å². The fraction of sp³-hybridized carbons (Fsp3) is 0.462. The number of rotatable bonds is 7. The summed E-state index contributed by atoms with van der Waals surface area (Å²) in [5, 5.41) is 8.61. The number of sulfone groups is 1. The fourth-order valence-corrected chi connectivity index (χ4v) is 3.44. The predicted octanol–water partition coefficient (Wildman–Crippen LogP) is 1.35. The van der Waals surface area contributed by atoms with Crippen molar-refractivity contribution >= 4 is 15.8 Å². The van der Waals surface area contributed by atoms with Crippen molar-refractivity contribution in [1.82, 2.24) is 0 Å². The Hall–Kier alpha value is -1.40. The van der Waals surface area contributed by atoms with Crippen LogP contribution in [0, 0.1) is 6.92 Å². The van der Waals surface area contributed by atoms with Crippen molar-refractivity contribution in [2.45, 2.75) is 37.1 Å². The number of unbranched alkanes of at least 4 members (excludes halogenated alkanes) is 1. The zero-order valence-electron chi connectivity index (χ0n) is 10.9. The minimum Gasteiger partial charge on any atom is -0.480 e. The monoisotopic (exact) mass is 285 g/mol. The minimum atomic E-state index is -3.30. The summed E-state index contributed by atoms with van der Waals surface area (Å²) in [6, 6.07) is 5.92. The van der Waals surface area contributed by atoms with Gasteiger partial charge in [-0.2, -0.15) is 0 Å². The van der Waals surface area contributed by atoms with Crippen LogP contribution in [0.3, 0.4) is 0 Å². The number of carboxylic acid groups (broad SMARTS) is 1. The normalized spacial score (nSPS) is 13.2. The Morgan fingerprint density at radius 2 is 1.95 bits per heavy atom. The molecule has 0 spiro atoms. The summed E-state index contributed by atoms with van der Waals surface area (Å²) >= 11 is 0. The topological polar surface area (TPSA) is 97.5 Å². The molecule has 1 atom stereocenters. The van der Waals surface area contributed by atoms with Gasteiger partial charge in [-0.3, -0.25) is 4.79 Å². The Morgan fingerprint density at radius 1 is 1.32 bits per heavy atom. The van der Waals surface area contributed by atoms with E-state index in [9.17, 15) is 13.2 Å². The first kappa shape index (κ1) is 15.7. The molecule has 5 nitrogen and oxygen atoms in total. The van der Waals surface area contributed by atoms with Gasteiger partial charge in [0.15, 0.2) is 9.84 Å². The maximum absolute atomic E-state index is 12.1. The lowest BCUT2D eigenvalue weighted by atomic mass is 10.1. The molecule has 0 aliphatic carbocycles. The van der Waals surface area contributed by atoms with Crippen molar-refractivity contribution in [1.29, 1.82) is 0 Å². The molecule has 0 aromatic heterocycles. The van der Waals surface area contributed by atoms with Gasteiger partial charge in [0.25, 0.3) is 0 Å². The number of aliphatic carboxylic acids is 1. The van der Waals surface area contributed by atoms with Gasteiger partial charge < -0.3 is 10.8 Å². The number of benzene rings is 1. The van der Waals surface area contributed by atoms with E-state index in [1.165, 1.54) is 0 Å². The van der Waals surface area contributed by atoms with E-state index >= 15 is 0 Å². The Kier molecular flexibility index (Phi) is 5.50. The summed E-state index contributed by atoms with van der Waals surface area (Å²) in [6.45, 7) is 1.76. The molecule has 0 heterocycles. The van der Waals surface area contributed by atoms with E-state index in [1.807, 2.05) is 0 Å². The molecule has 0 saturated heterocycles. The third kappa shape index (κ3) is 4.65. The highest BCUT2D eigenvalue weighted by Crippen LogP contribution is 2.17. The molecule has 1 aromatic carbocycles. The summed E-state index contributed by atoms with van der Waals surface area (Å²) in [5.41, 5.74) is 6.08. The predicted molar refractivity (Wildman–Crippen MR) is 72.7 cm³/mol. The Bertz CT molecular complexity index is 539. The lowest BCUT2D eigenvalue weighted by molar-refractivity contribution is -0.138. The van der Waals surface area contributed by atoms with E-state index in [-0.39, 0.29) is 5.75 Å². The average molecular weight is 285 g/mol. The second-order valence-corrected chi connectivity index (χ2v) is 6.60. The first-order chi connectivity index (χ1) is 8.84. The second-order valence-electron chi connectivity index (χ2n) is 4.52. The lowest BCUT2D eigenvalue weighted by Gasteiger charge is -2.08. The molecular weight excluding hydrogens is 266 g/mol. The highest BCUT2D eigenvalue weighted by molar-refractivity contribution is 7.91. The summed E-state index contributed by atoms with van der Waals surface area (Å²) in [6.07, 6.45) is 1.19. The van der Waals surface area contributed by atoms with Gasteiger partial charge in [-0.25, -0.2) is 8.42 Å². The molecule has 19 heavy (non-hydrogen) atoms. The molecular formula is C13H19NO4S. The first-order valence-electron chi connectivity index (χ1n) is 6.11. The zero-order valence-corrected chi connectivity index (χ0v) is 11.7. The van der Waals surface area contributed by atoms with Gasteiger partial charge in [0.1, 0.15) is 6.04 Å². The van der Waals surface area contributed by atoms with Crippen LogP contribution < -0.4 is 5.73 Å². The van der Waals surface area contributed by atoms with E-state index < -0.39 is 21.8 Å². The van der Waals surface area contributed by atoms with E-state index in [0.717, 1.165) is 5.56 Å². The van der Waals surface area contributed by atoms with Crippen LogP contribution in [0.25, 0.3) is 0 Å². The summed E-state index contributed by atoms with van der Waals surface area (Å²) in [5.74, 6) is -1.04. The molecule has 0 fully saturated rings. The van der Waals surface area contributed by atoms with E-state index in [0.29, 0.717) is 24.2 Å². The van der Waals surface area contributed by atoms with E-state index in [1.54, 1.807) is 31.2 Å². The van der Waals surface area contributed by atoms with Crippen LogP contribution >= 0.6 is 0 Å². The van der Waals surface area contributed by atoms with E-state index in [2.05, 4.69) is 0 Å². The molecule has 0 saturated carbocycles. The van der Waals surface area contributed by atoms with Crippen molar-refractivity contribution in [3.05, 3.63) is 29.8 Å². The summed E-state index contributed by atoms with van der Waals surface area (Å²) < 4.78 is 24.2. The molecule has 0 radical (unpaired) electrons. The zero-order chi connectivity index (χ0) is 14.5. The molecule has 0 aliphatic heterocycles. The maximum Gasteiger partial charge on any atom is 0.320 e. The molecule has 1 rings (SSSR count). The van der Waals surface area contributed by atoms with Gasteiger partial charge in [0.2, 0.25) is 0 Å². The lowest BCUT2D eigenvalue weighted by Crippen LogP contribution is -2.29. The number of hydrogen-bond donors (Lipinski definition) is 2. The number of hydrogen-bond acceptors (Lipinski definition) is 4. The number of carbonyl (C=O) groups is 1. The molecule has 1 unspecified atom stereocenters. The third-order valence-corrected chi connectivity index (χ3v) is 4.88. The van der Waals surface area contributed by atoms with Crippen LogP contribution in [0.2, 0.25) is 0 Å². The summed E-state index contributed by atoms with van der Waals surface area (Å²) in [7, 11) is -3.30. The SMILES string of the molecule is Cc1ccccc1S(=O)(=O)CCCCC(N)C(=O)O. The van der Waals surface area contributed by atoms with Crippen LogP contribution in [-0.2, 0) is 14.6 Å². The average Bonchev–Trinajstić information content (AvgIpc) is 2.34. The van der Waals surface area contributed by atoms with Gasteiger partial charge in [-0.05, 0) is 31.4 Å². The molecule has 3 N–H and O–H groups in total. The van der Waals surface area contributed by atoms with Crippen LogP contribution in [0.5, 0.6) is 0 Å². The fourth-order valence-electron chi connectivity index (χ4n) is 1.80. The summed E-state index contributed by atoms with van der Waals surface area (Å²) in [4.78, 5) is 10.9. The first-order valence-corrected chi connectivity index (χ1v) is 7.76. The van der Waals surface area contributed by atoms with Crippen molar-refractivity contribution in [2.24, 2.45) is 5.73 Å². The smallest absolute Gasteiger partial charge is 0.320 e. The molecule has 106 valence electrons. The highest BCUT2D eigenvalue weighted by atomic mass is 32.2. The van der Waals surface area contributed by atoms with Gasteiger partial charge in [-0.1, -0.05) is 24.6 Å². The minimum absolute atomic E-state index is 0.0180. The standard InChI is InChI=1S/C13H19NO4S/c1-10-6-2-3-8-12(10)19(17,18)9-5-4-7-11(14)13(15)16/h2-3,6,8,11H,4-5,7,9,14H2,1H3,(H,15,16). The number of carboxylic acids is 1. The second kappa shape index (κ2) is 6.68. The third-order valence-electron chi connectivity index (χ3n) is 2.92. The van der Waals surface area contributed by atoms with Crippen molar-refractivity contribution in [2.75, 3.05) is 5.75 Å². The van der Waals surface area contributed by atoms with Gasteiger partial charge in [0.05, 0.1) is 10.6 Å². The van der Waals surface area contributed by atoms with Crippen molar-refractivity contribution in [3.63, 3.8) is 0 Å². The van der Waals surface area contributed by atoms with Crippen LogP contribution in [0.1, 0.15) is 24.8 Å².